The lowest BCUT2D eigenvalue weighted by Gasteiger charge is -2.35. The zero-order chi connectivity index (χ0) is 16.1. The Morgan fingerprint density at radius 1 is 1.36 bits per heavy atom. The number of ketones is 1. The first kappa shape index (κ1) is 16.6. The lowest BCUT2D eigenvalue weighted by molar-refractivity contribution is -0.138. The number of pyridine rings is 1. The number of aryl methyl sites for hydroxylation is 1. The van der Waals surface area contributed by atoms with E-state index in [0.29, 0.717) is 18.7 Å². The number of Topliss-reactive ketones (excluding diaryl/α,β-unsaturated/α-hetero) is 1. The smallest absolute Gasteiger partial charge is 0.234 e. The van der Waals surface area contributed by atoms with Crippen LogP contribution in [-0.4, -0.2) is 52.8 Å². The van der Waals surface area contributed by atoms with Gasteiger partial charge in [-0.25, -0.2) is 0 Å². The zero-order valence-electron chi connectivity index (χ0n) is 13.7. The van der Waals surface area contributed by atoms with Gasteiger partial charge in [0.25, 0.3) is 0 Å². The summed E-state index contributed by atoms with van der Waals surface area (Å²) < 4.78 is 0. The molecular weight excluding hydrogens is 278 g/mol. The highest BCUT2D eigenvalue weighted by atomic mass is 16.2. The second kappa shape index (κ2) is 7.49. The van der Waals surface area contributed by atoms with Crippen molar-refractivity contribution in [1.82, 2.24) is 14.8 Å². The molecule has 2 heterocycles. The van der Waals surface area contributed by atoms with E-state index in [1.165, 1.54) is 0 Å². The standard InChI is InChI=1S/C17H25N3O2/c1-4-19(5-2)12-20-8-6-7-15(17(20)22)16(21)14-9-13(3)10-18-11-14/h9-11,15H,4-8,12H2,1-3H3. The lowest BCUT2D eigenvalue weighted by atomic mass is 9.89. The summed E-state index contributed by atoms with van der Waals surface area (Å²) in [6.07, 6.45) is 4.79. The van der Waals surface area contributed by atoms with Gasteiger partial charge in [-0.2, -0.15) is 0 Å². The number of piperidine rings is 1. The van der Waals surface area contributed by atoms with E-state index < -0.39 is 5.92 Å². The summed E-state index contributed by atoms with van der Waals surface area (Å²) in [6, 6.07) is 1.81. The van der Waals surface area contributed by atoms with Crippen molar-refractivity contribution in [3.8, 4) is 0 Å². The van der Waals surface area contributed by atoms with Gasteiger partial charge < -0.3 is 4.90 Å². The maximum Gasteiger partial charge on any atom is 0.234 e. The van der Waals surface area contributed by atoms with Crippen molar-refractivity contribution in [2.24, 2.45) is 5.92 Å². The van der Waals surface area contributed by atoms with Gasteiger partial charge in [0.2, 0.25) is 5.91 Å². The first-order valence-electron chi connectivity index (χ1n) is 8.03. The van der Waals surface area contributed by atoms with Gasteiger partial charge >= 0.3 is 0 Å². The average molecular weight is 303 g/mol. The summed E-state index contributed by atoms with van der Waals surface area (Å²) in [5.41, 5.74) is 1.48. The minimum absolute atomic E-state index is 0.0374. The topological polar surface area (TPSA) is 53.5 Å². The first-order valence-corrected chi connectivity index (χ1v) is 8.03. The van der Waals surface area contributed by atoms with Crippen molar-refractivity contribution in [2.75, 3.05) is 26.3 Å². The Labute approximate surface area is 132 Å². The molecule has 1 saturated heterocycles. The molecule has 0 aliphatic carbocycles. The van der Waals surface area contributed by atoms with Crippen molar-refractivity contribution in [3.63, 3.8) is 0 Å². The molecule has 120 valence electrons. The van der Waals surface area contributed by atoms with E-state index in [1.54, 1.807) is 12.4 Å². The Morgan fingerprint density at radius 2 is 2.09 bits per heavy atom. The van der Waals surface area contributed by atoms with Crippen molar-refractivity contribution in [2.45, 2.75) is 33.6 Å². The van der Waals surface area contributed by atoms with Gasteiger partial charge in [0.05, 0.1) is 6.67 Å². The highest BCUT2D eigenvalue weighted by Crippen LogP contribution is 2.22. The molecule has 5 heteroatoms. The lowest BCUT2D eigenvalue weighted by Crippen LogP contribution is -2.49. The molecule has 22 heavy (non-hydrogen) atoms. The van der Waals surface area contributed by atoms with Crippen molar-refractivity contribution in [3.05, 3.63) is 29.6 Å². The van der Waals surface area contributed by atoms with Crippen LogP contribution in [0.1, 0.15) is 42.6 Å². The third kappa shape index (κ3) is 3.71. The molecule has 0 N–H and O–H groups in total. The Morgan fingerprint density at radius 3 is 2.73 bits per heavy atom. The molecule has 1 aromatic rings. The van der Waals surface area contributed by atoms with Crippen LogP contribution in [0, 0.1) is 12.8 Å². The van der Waals surface area contributed by atoms with Gasteiger partial charge in [0.1, 0.15) is 5.92 Å². The normalized spacial score (nSPS) is 18.8. The van der Waals surface area contributed by atoms with Crippen LogP contribution in [0.15, 0.2) is 18.5 Å². The molecule has 1 amide bonds. The van der Waals surface area contributed by atoms with Gasteiger partial charge in [0.15, 0.2) is 5.78 Å². The van der Waals surface area contributed by atoms with E-state index in [-0.39, 0.29) is 11.7 Å². The second-order valence-corrected chi connectivity index (χ2v) is 5.86. The SMILES string of the molecule is CCN(CC)CN1CCCC(C(=O)c2cncc(C)c2)C1=O. The van der Waals surface area contributed by atoms with E-state index in [4.69, 9.17) is 0 Å². The molecule has 2 rings (SSSR count). The van der Waals surface area contributed by atoms with E-state index in [9.17, 15) is 9.59 Å². The molecule has 0 saturated carbocycles. The predicted octanol–water partition coefficient (Wildman–Crippen LogP) is 2.11. The molecule has 1 atom stereocenters. The number of aromatic nitrogens is 1. The number of nitrogens with zero attached hydrogens (tertiary/aromatic N) is 3. The summed E-state index contributed by atoms with van der Waals surface area (Å²) in [5, 5.41) is 0. The quantitative estimate of drug-likeness (QED) is 0.596. The predicted molar refractivity (Wildman–Crippen MR) is 85.5 cm³/mol. The van der Waals surface area contributed by atoms with Gasteiger partial charge in [-0.3, -0.25) is 19.5 Å². The fourth-order valence-electron chi connectivity index (χ4n) is 2.88. The van der Waals surface area contributed by atoms with E-state index in [2.05, 4.69) is 23.7 Å². The van der Waals surface area contributed by atoms with E-state index >= 15 is 0 Å². The van der Waals surface area contributed by atoms with Gasteiger partial charge in [-0.1, -0.05) is 13.8 Å². The van der Waals surface area contributed by atoms with Crippen LogP contribution in [0.4, 0.5) is 0 Å². The van der Waals surface area contributed by atoms with E-state index in [0.717, 1.165) is 31.6 Å². The number of carbonyl (C=O) groups excluding carboxylic acids is 2. The number of amides is 1. The van der Waals surface area contributed by atoms with Crippen LogP contribution in [0.25, 0.3) is 0 Å². The zero-order valence-corrected chi connectivity index (χ0v) is 13.7. The fraction of sp³-hybridized carbons (Fsp3) is 0.588. The minimum Gasteiger partial charge on any atom is -0.329 e. The number of hydrogen-bond acceptors (Lipinski definition) is 4. The van der Waals surface area contributed by atoms with Crippen LogP contribution < -0.4 is 0 Å². The maximum absolute atomic E-state index is 12.7. The molecule has 1 fully saturated rings. The average Bonchev–Trinajstić information content (AvgIpc) is 2.53. The largest absolute Gasteiger partial charge is 0.329 e. The molecule has 1 aliphatic rings. The Hall–Kier alpha value is -1.75. The summed E-state index contributed by atoms with van der Waals surface area (Å²) >= 11 is 0. The minimum atomic E-state index is -0.548. The Bertz CT molecular complexity index is 540. The molecule has 1 unspecified atom stereocenters. The second-order valence-electron chi connectivity index (χ2n) is 5.86. The van der Waals surface area contributed by atoms with Crippen molar-refractivity contribution >= 4 is 11.7 Å². The molecule has 1 aromatic heterocycles. The van der Waals surface area contributed by atoms with Crippen LogP contribution >= 0.6 is 0 Å². The summed E-state index contributed by atoms with van der Waals surface area (Å²) in [5.74, 6) is -0.678. The molecule has 1 aliphatic heterocycles. The number of carbonyl (C=O) groups is 2. The molecule has 0 spiro atoms. The van der Waals surface area contributed by atoms with Crippen LogP contribution in [0.2, 0.25) is 0 Å². The van der Waals surface area contributed by atoms with E-state index in [1.807, 2.05) is 17.9 Å². The number of hydrogen-bond donors (Lipinski definition) is 0. The monoisotopic (exact) mass is 303 g/mol. The fourth-order valence-corrected chi connectivity index (χ4v) is 2.88. The summed E-state index contributed by atoms with van der Waals surface area (Å²) in [7, 11) is 0. The van der Waals surface area contributed by atoms with Crippen LogP contribution in [0.5, 0.6) is 0 Å². The summed E-state index contributed by atoms with van der Waals surface area (Å²) in [4.78, 5) is 33.4. The third-order valence-corrected chi connectivity index (χ3v) is 4.27. The van der Waals surface area contributed by atoms with Gasteiger partial charge in [0, 0.05) is 24.5 Å². The van der Waals surface area contributed by atoms with Crippen molar-refractivity contribution < 1.29 is 9.59 Å². The maximum atomic E-state index is 12.7. The Kier molecular flexibility index (Phi) is 5.66. The molecule has 0 aromatic carbocycles. The molecule has 0 radical (unpaired) electrons. The number of likely N-dealkylation sites (tertiary alicyclic amines) is 1. The number of rotatable bonds is 6. The highest BCUT2D eigenvalue weighted by molar-refractivity contribution is 6.10. The summed E-state index contributed by atoms with van der Waals surface area (Å²) in [6.45, 7) is 9.23. The third-order valence-electron chi connectivity index (χ3n) is 4.27. The first-order chi connectivity index (χ1) is 10.6. The molecule has 5 nitrogen and oxygen atoms in total. The highest BCUT2D eigenvalue weighted by Gasteiger charge is 2.35. The van der Waals surface area contributed by atoms with Gasteiger partial charge in [-0.05, 0) is 44.5 Å². The van der Waals surface area contributed by atoms with Crippen LogP contribution in [-0.2, 0) is 4.79 Å². The van der Waals surface area contributed by atoms with Gasteiger partial charge in [-0.15, -0.1) is 0 Å². The molecule has 0 bridgehead atoms. The Balaban J connectivity index is 2.11. The van der Waals surface area contributed by atoms with Crippen LogP contribution in [0.3, 0.4) is 0 Å². The molecular formula is C17H25N3O2. The van der Waals surface area contributed by atoms with Crippen molar-refractivity contribution in [1.29, 1.82) is 0 Å².